The zero-order valence-corrected chi connectivity index (χ0v) is 13.2. The molecule has 2 aliphatic rings. The molecule has 0 saturated carbocycles. The van der Waals surface area contributed by atoms with Crippen molar-refractivity contribution in [1.82, 2.24) is 14.9 Å². The lowest BCUT2D eigenvalue weighted by Crippen LogP contribution is -2.48. The van der Waals surface area contributed by atoms with Crippen LogP contribution in [0.1, 0.15) is 32.1 Å². The molecule has 0 radical (unpaired) electrons. The van der Waals surface area contributed by atoms with Crippen molar-refractivity contribution in [1.29, 1.82) is 0 Å². The smallest absolute Gasteiger partial charge is 0.166 e. The topological polar surface area (TPSA) is 31.9 Å². The van der Waals surface area contributed by atoms with Gasteiger partial charge in [-0.2, -0.15) is 0 Å². The maximum Gasteiger partial charge on any atom is 0.166 e. The third kappa shape index (κ3) is 2.84. The molecule has 2 saturated heterocycles. The first kappa shape index (κ1) is 13.6. The molecule has 2 fully saturated rings. The second kappa shape index (κ2) is 6.01. The normalized spacial score (nSPS) is 26.9. The number of benzene rings is 1. The van der Waals surface area contributed by atoms with Crippen LogP contribution in [0.5, 0.6) is 0 Å². The van der Waals surface area contributed by atoms with E-state index < -0.39 is 0 Å². The van der Waals surface area contributed by atoms with Crippen LogP contribution >= 0.6 is 11.8 Å². The summed E-state index contributed by atoms with van der Waals surface area (Å²) in [5, 5.41) is 1.09. The van der Waals surface area contributed by atoms with Crippen molar-refractivity contribution in [2.75, 3.05) is 18.8 Å². The highest BCUT2D eigenvalue weighted by Crippen LogP contribution is 2.34. The summed E-state index contributed by atoms with van der Waals surface area (Å²) in [6.07, 6.45) is 7.01. The quantitative estimate of drug-likeness (QED) is 0.872. The average molecular weight is 301 g/mol. The van der Waals surface area contributed by atoms with Crippen LogP contribution in [0.15, 0.2) is 29.4 Å². The number of aromatic nitrogens is 2. The van der Waals surface area contributed by atoms with Gasteiger partial charge >= 0.3 is 0 Å². The second-order valence-corrected chi connectivity index (χ2v) is 7.38. The Morgan fingerprint density at radius 2 is 2.05 bits per heavy atom. The number of para-hydroxylation sites is 2. The molecule has 0 aliphatic carbocycles. The predicted molar refractivity (Wildman–Crippen MR) is 88.8 cm³/mol. The fourth-order valence-corrected chi connectivity index (χ4v) is 5.06. The number of aromatic amines is 1. The summed E-state index contributed by atoms with van der Waals surface area (Å²) in [5.74, 6) is 2.05. The minimum atomic E-state index is 0.837. The van der Waals surface area contributed by atoms with Gasteiger partial charge in [-0.1, -0.05) is 30.3 Å². The fraction of sp³-hybridized carbons (Fsp3) is 0.588. The highest BCUT2D eigenvalue weighted by atomic mass is 32.2. The summed E-state index contributed by atoms with van der Waals surface area (Å²) in [7, 11) is 0. The maximum atomic E-state index is 4.69. The second-order valence-electron chi connectivity index (χ2n) is 6.37. The number of hydrogen-bond acceptors (Lipinski definition) is 3. The molecule has 0 unspecified atom stereocenters. The number of nitrogens with one attached hydrogen (secondary N) is 1. The van der Waals surface area contributed by atoms with Gasteiger partial charge in [-0.25, -0.2) is 4.98 Å². The SMILES string of the molecule is c1ccc2[nH]c(SC[C@H]3CCCN4CCCC[C@H]34)nc2c1. The molecule has 4 heteroatoms. The Bertz CT molecular complexity index is 574. The molecule has 3 nitrogen and oxygen atoms in total. The first-order valence-corrected chi connectivity index (χ1v) is 9.20. The van der Waals surface area contributed by atoms with E-state index in [0.717, 1.165) is 28.1 Å². The molecule has 1 aromatic carbocycles. The zero-order valence-electron chi connectivity index (χ0n) is 12.4. The Morgan fingerprint density at radius 1 is 1.14 bits per heavy atom. The van der Waals surface area contributed by atoms with E-state index in [-0.39, 0.29) is 0 Å². The Balaban J connectivity index is 1.43. The van der Waals surface area contributed by atoms with E-state index >= 15 is 0 Å². The summed E-state index contributed by atoms with van der Waals surface area (Å²) in [5.41, 5.74) is 2.24. The molecule has 2 atom stereocenters. The summed E-state index contributed by atoms with van der Waals surface area (Å²) >= 11 is 1.92. The molecular formula is C17H23N3S. The van der Waals surface area contributed by atoms with E-state index in [9.17, 15) is 0 Å². The van der Waals surface area contributed by atoms with Crippen LogP contribution in [0.2, 0.25) is 0 Å². The van der Waals surface area contributed by atoms with Crippen molar-refractivity contribution >= 4 is 22.8 Å². The van der Waals surface area contributed by atoms with Crippen LogP contribution in [0, 0.1) is 5.92 Å². The van der Waals surface area contributed by atoms with Gasteiger partial charge in [0.2, 0.25) is 0 Å². The van der Waals surface area contributed by atoms with Crippen molar-refractivity contribution in [2.45, 2.75) is 43.3 Å². The first-order chi connectivity index (χ1) is 10.4. The molecule has 0 bridgehead atoms. The van der Waals surface area contributed by atoms with E-state index in [0.29, 0.717) is 0 Å². The van der Waals surface area contributed by atoms with Crippen LogP contribution < -0.4 is 0 Å². The van der Waals surface area contributed by atoms with Gasteiger partial charge < -0.3 is 9.88 Å². The number of thioether (sulfide) groups is 1. The number of H-pyrrole nitrogens is 1. The largest absolute Gasteiger partial charge is 0.333 e. The highest BCUT2D eigenvalue weighted by Gasteiger charge is 2.32. The summed E-state index contributed by atoms with van der Waals surface area (Å²) in [4.78, 5) is 10.9. The number of rotatable bonds is 3. The molecule has 0 amide bonds. The molecule has 0 spiro atoms. The minimum absolute atomic E-state index is 0.837. The van der Waals surface area contributed by atoms with E-state index in [1.165, 1.54) is 50.9 Å². The predicted octanol–water partition coefficient (Wildman–Crippen LogP) is 3.92. The van der Waals surface area contributed by atoms with Crippen molar-refractivity contribution < 1.29 is 0 Å². The Kier molecular flexibility index (Phi) is 3.91. The zero-order chi connectivity index (χ0) is 14.1. The van der Waals surface area contributed by atoms with E-state index in [4.69, 9.17) is 4.98 Å². The number of piperidine rings is 2. The number of hydrogen-bond donors (Lipinski definition) is 1. The number of fused-ring (bicyclic) bond motifs is 2. The van der Waals surface area contributed by atoms with Crippen LogP contribution in [0.4, 0.5) is 0 Å². The Labute approximate surface area is 130 Å². The van der Waals surface area contributed by atoms with Crippen LogP contribution in [0.25, 0.3) is 11.0 Å². The Hall–Kier alpha value is -1.00. The van der Waals surface area contributed by atoms with Gasteiger partial charge in [0.15, 0.2) is 5.16 Å². The lowest BCUT2D eigenvalue weighted by Gasteiger charge is -2.44. The lowest BCUT2D eigenvalue weighted by atomic mass is 9.85. The molecule has 112 valence electrons. The fourth-order valence-electron chi connectivity index (χ4n) is 3.96. The molecule has 21 heavy (non-hydrogen) atoms. The van der Waals surface area contributed by atoms with Gasteiger partial charge in [0.05, 0.1) is 11.0 Å². The lowest BCUT2D eigenvalue weighted by molar-refractivity contribution is 0.0693. The average Bonchev–Trinajstić information content (AvgIpc) is 2.96. The molecule has 2 aliphatic heterocycles. The number of imidazole rings is 1. The van der Waals surface area contributed by atoms with Crippen molar-refractivity contribution in [3.63, 3.8) is 0 Å². The molecule has 1 aromatic heterocycles. The molecule has 3 heterocycles. The molecule has 2 aromatic rings. The van der Waals surface area contributed by atoms with Gasteiger partial charge in [-0.05, 0) is 56.8 Å². The number of nitrogens with zero attached hydrogens (tertiary/aromatic N) is 2. The van der Waals surface area contributed by atoms with Crippen LogP contribution in [-0.2, 0) is 0 Å². The molecule has 4 rings (SSSR count). The highest BCUT2D eigenvalue weighted by molar-refractivity contribution is 7.99. The molecular weight excluding hydrogens is 278 g/mol. The third-order valence-electron chi connectivity index (χ3n) is 5.03. The van der Waals surface area contributed by atoms with Crippen LogP contribution in [0.3, 0.4) is 0 Å². The van der Waals surface area contributed by atoms with E-state index in [1.54, 1.807) is 0 Å². The summed E-state index contributed by atoms with van der Waals surface area (Å²) in [6, 6.07) is 9.15. The van der Waals surface area contributed by atoms with E-state index in [1.807, 2.05) is 11.8 Å². The van der Waals surface area contributed by atoms with Gasteiger partial charge in [-0.15, -0.1) is 0 Å². The van der Waals surface area contributed by atoms with Gasteiger partial charge in [0.25, 0.3) is 0 Å². The van der Waals surface area contributed by atoms with Gasteiger partial charge in [0.1, 0.15) is 0 Å². The van der Waals surface area contributed by atoms with Gasteiger partial charge in [0, 0.05) is 11.8 Å². The Morgan fingerprint density at radius 3 is 3.00 bits per heavy atom. The van der Waals surface area contributed by atoms with E-state index in [2.05, 4.69) is 34.1 Å². The maximum absolute atomic E-state index is 4.69. The summed E-state index contributed by atoms with van der Waals surface area (Å²) < 4.78 is 0. The third-order valence-corrected chi connectivity index (χ3v) is 6.09. The van der Waals surface area contributed by atoms with Crippen molar-refractivity contribution in [3.8, 4) is 0 Å². The molecule has 1 N–H and O–H groups in total. The monoisotopic (exact) mass is 301 g/mol. The van der Waals surface area contributed by atoms with Gasteiger partial charge in [-0.3, -0.25) is 0 Å². The van der Waals surface area contributed by atoms with Crippen molar-refractivity contribution in [3.05, 3.63) is 24.3 Å². The van der Waals surface area contributed by atoms with Crippen molar-refractivity contribution in [2.24, 2.45) is 5.92 Å². The first-order valence-electron chi connectivity index (χ1n) is 8.22. The standard InChI is InChI=1S/C17H23N3S/c1-2-8-15-14(7-1)18-17(19-15)21-12-13-6-5-11-20-10-4-3-9-16(13)20/h1-2,7-8,13,16H,3-6,9-12H2,(H,18,19)/t13-,16-/m1/s1. The summed E-state index contributed by atoms with van der Waals surface area (Å²) in [6.45, 7) is 2.66. The van der Waals surface area contributed by atoms with Crippen LogP contribution in [-0.4, -0.2) is 39.8 Å². The minimum Gasteiger partial charge on any atom is -0.333 e.